The van der Waals surface area contributed by atoms with E-state index in [1.54, 1.807) is 12.1 Å². The van der Waals surface area contributed by atoms with Crippen molar-refractivity contribution in [3.05, 3.63) is 58.1 Å². The third-order valence-electron chi connectivity index (χ3n) is 7.21. The zero-order chi connectivity index (χ0) is 28.9. The molecule has 0 aromatic heterocycles. The van der Waals surface area contributed by atoms with E-state index in [0.717, 1.165) is 6.07 Å². The van der Waals surface area contributed by atoms with E-state index in [1.807, 2.05) is 0 Å². The summed E-state index contributed by atoms with van der Waals surface area (Å²) in [5, 5.41) is 81.8. The van der Waals surface area contributed by atoms with Crippen molar-refractivity contribution in [2.45, 2.75) is 61.9 Å². The van der Waals surface area contributed by atoms with Crippen LogP contribution < -0.4 is 0 Å². The first-order chi connectivity index (χ1) is 19.0. The van der Waals surface area contributed by atoms with Crippen LogP contribution in [0.5, 0.6) is 11.5 Å². The number of phenolic OH excluding ortho intramolecular Hbond substituents is 2. The first kappa shape index (κ1) is 28.5. The molecule has 0 bridgehead atoms. The van der Waals surface area contributed by atoms with E-state index in [0.29, 0.717) is 0 Å². The van der Waals surface area contributed by atoms with Gasteiger partial charge in [-0.05, 0) is 6.07 Å². The first-order valence-corrected chi connectivity index (χ1v) is 12.4. The topological polar surface area (TPSA) is 233 Å². The van der Waals surface area contributed by atoms with Gasteiger partial charge in [0.05, 0.1) is 30.9 Å². The molecule has 2 aromatic carbocycles. The highest BCUT2D eigenvalue weighted by atomic mass is 16.7. The predicted octanol–water partition coefficient (Wildman–Crippen LogP) is -2.35. The largest absolute Gasteiger partial charge is 0.507 e. The van der Waals surface area contributed by atoms with Crippen LogP contribution in [-0.4, -0.2) is 121 Å². The van der Waals surface area contributed by atoms with Crippen LogP contribution in [0.4, 0.5) is 0 Å². The molecule has 14 nitrogen and oxygen atoms in total. The van der Waals surface area contributed by atoms with Gasteiger partial charge in [0.1, 0.15) is 54.2 Å². The van der Waals surface area contributed by atoms with Gasteiger partial charge in [-0.2, -0.15) is 0 Å². The van der Waals surface area contributed by atoms with Gasteiger partial charge in [-0.15, -0.1) is 0 Å². The summed E-state index contributed by atoms with van der Waals surface area (Å²) < 4.78 is 21.5. The molecular weight excluding hydrogens is 536 g/mol. The Bertz CT molecular complexity index is 1300. The Morgan fingerprint density at radius 2 is 1.43 bits per heavy atom. The molecule has 1 aliphatic carbocycles. The lowest BCUT2D eigenvalue weighted by Gasteiger charge is -2.41. The summed E-state index contributed by atoms with van der Waals surface area (Å²) in [7, 11) is 0. The van der Waals surface area contributed by atoms with Gasteiger partial charge in [0.2, 0.25) is 0 Å². The number of aromatic hydroxyl groups is 2. The van der Waals surface area contributed by atoms with Crippen LogP contribution in [0, 0.1) is 0 Å². The Morgan fingerprint density at radius 1 is 0.775 bits per heavy atom. The highest BCUT2D eigenvalue weighted by Crippen LogP contribution is 2.40. The smallest absolute Gasteiger partial charge is 0.198 e. The van der Waals surface area contributed by atoms with Crippen molar-refractivity contribution in [1.29, 1.82) is 0 Å². The number of benzene rings is 2. The Kier molecular flexibility index (Phi) is 7.91. The van der Waals surface area contributed by atoms with Crippen LogP contribution in [0.1, 0.15) is 37.4 Å². The molecule has 2 heterocycles. The van der Waals surface area contributed by atoms with E-state index in [1.165, 1.54) is 12.1 Å². The molecule has 0 spiro atoms. The second-order valence-corrected chi connectivity index (χ2v) is 9.76. The fourth-order valence-electron chi connectivity index (χ4n) is 4.88. The Labute approximate surface area is 226 Å². The molecule has 3 aliphatic rings. The standard InChI is InChI=1S/C26H28O14/c27-13-5-11-16(18(30)10-4-2-1-3-9(10)17(11)29)19(31)12(13)6-37-26-24(36)22(34)21(33)15(40-26)8-39-25-23(35)20(32)14(28)7-38-25/h1-5,14-15,20-28,31-36H,6-8H2/t14-,15-,20+,21-,22+,23-,24-,25+,26-/m1/s1. The lowest BCUT2D eigenvalue weighted by molar-refractivity contribution is -0.322. The van der Waals surface area contributed by atoms with Crippen molar-refractivity contribution in [2.24, 2.45) is 0 Å². The third-order valence-corrected chi connectivity index (χ3v) is 7.21. The number of rotatable bonds is 6. The Balaban J connectivity index is 1.30. The zero-order valence-corrected chi connectivity index (χ0v) is 20.7. The number of aliphatic hydroxyl groups excluding tert-OH is 6. The van der Waals surface area contributed by atoms with Crippen molar-refractivity contribution in [3.8, 4) is 11.5 Å². The van der Waals surface area contributed by atoms with Crippen LogP contribution in [0.15, 0.2) is 30.3 Å². The molecule has 0 radical (unpaired) electrons. The van der Waals surface area contributed by atoms with Crippen LogP contribution in [0.2, 0.25) is 0 Å². The van der Waals surface area contributed by atoms with E-state index in [-0.39, 0.29) is 34.4 Å². The van der Waals surface area contributed by atoms with Gasteiger partial charge >= 0.3 is 0 Å². The van der Waals surface area contributed by atoms with Crippen molar-refractivity contribution in [3.63, 3.8) is 0 Å². The molecule has 5 rings (SSSR count). The summed E-state index contributed by atoms with van der Waals surface area (Å²) in [6.07, 6.45) is -14.1. The average Bonchev–Trinajstić information content (AvgIpc) is 2.94. The molecule has 2 saturated heterocycles. The van der Waals surface area contributed by atoms with Crippen LogP contribution in [0.25, 0.3) is 0 Å². The maximum atomic E-state index is 13.1. The van der Waals surface area contributed by atoms with Crippen LogP contribution >= 0.6 is 0 Å². The lowest BCUT2D eigenvalue weighted by atomic mass is 9.82. The predicted molar refractivity (Wildman–Crippen MR) is 128 cm³/mol. The van der Waals surface area contributed by atoms with Gasteiger partial charge in [0, 0.05) is 16.7 Å². The summed E-state index contributed by atoms with van der Waals surface area (Å²) in [6, 6.07) is 7.05. The maximum Gasteiger partial charge on any atom is 0.198 e. The molecule has 216 valence electrons. The van der Waals surface area contributed by atoms with Gasteiger partial charge in [0.15, 0.2) is 24.1 Å². The van der Waals surface area contributed by atoms with Crippen LogP contribution in [-0.2, 0) is 25.6 Å². The highest BCUT2D eigenvalue weighted by molar-refractivity contribution is 6.29. The monoisotopic (exact) mass is 564 g/mol. The number of hydrogen-bond donors (Lipinski definition) is 8. The fourth-order valence-corrected chi connectivity index (χ4v) is 4.88. The third kappa shape index (κ3) is 4.88. The lowest BCUT2D eigenvalue weighted by Crippen LogP contribution is -2.60. The van der Waals surface area contributed by atoms with Crippen molar-refractivity contribution < 1.29 is 69.4 Å². The van der Waals surface area contributed by atoms with E-state index in [4.69, 9.17) is 18.9 Å². The summed E-state index contributed by atoms with van der Waals surface area (Å²) in [5.74, 6) is -2.49. The maximum absolute atomic E-state index is 13.1. The molecule has 2 fully saturated rings. The number of carbonyl (C=O) groups is 2. The van der Waals surface area contributed by atoms with Gasteiger partial charge in [-0.3, -0.25) is 9.59 Å². The molecule has 0 amide bonds. The second kappa shape index (κ2) is 11.1. The van der Waals surface area contributed by atoms with Crippen LogP contribution in [0.3, 0.4) is 0 Å². The van der Waals surface area contributed by atoms with Gasteiger partial charge in [-0.1, -0.05) is 24.3 Å². The summed E-state index contributed by atoms with van der Waals surface area (Å²) >= 11 is 0. The van der Waals surface area contributed by atoms with Gasteiger partial charge in [-0.25, -0.2) is 0 Å². The number of ether oxygens (including phenoxy) is 4. The average molecular weight is 564 g/mol. The first-order valence-electron chi connectivity index (χ1n) is 12.4. The minimum absolute atomic E-state index is 0.0768. The fraction of sp³-hybridized carbons (Fsp3) is 0.462. The van der Waals surface area contributed by atoms with E-state index in [2.05, 4.69) is 0 Å². The number of carbonyl (C=O) groups excluding carboxylic acids is 2. The van der Waals surface area contributed by atoms with Crippen molar-refractivity contribution in [1.82, 2.24) is 0 Å². The molecule has 0 saturated carbocycles. The quantitative estimate of drug-likeness (QED) is 0.157. The number of phenols is 2. The normalized spacial score (nSPS) is 33.9. The number of aliphatic hydroxyl groups is 6. The second-order valence-electron chi connectivity index (χ2n) is 9.76. The molecule has 8 N–H and O–H groups in total. The summed E-state index contributed by atoms with van der Waals surface area (Å²) in [5.41, 5.74) is -0.621. The summed E-state index contributed by atoms with van der Waals surface area (Å²) in [4.78, 5) is 25.9. The number of fused-ring (bicyclic) bond motifs is 2. The summed E-state index contributed by atoms with van der Waals surface area (Å²) in [6.45, 7) is -1.50. The minimum atomic E-state index is -1.79. The molecule has 0 unspecified atom stereocenters. The van der Waals surface area contributed by atoms with E-state index >= 15 is 0 Å². The number of hydrogen-bond acceptors (Lipinski definition) is 14. The van der Waals surface area contributed by atoms with E-state index in [9.17, 15) is 50.4 Å². The van der Waals surface area contributed by atoms with Crippen molar-refractivity contribution in [2.75, 3.05) is 13.2 Å². The molecule has 14 heteroatoms. The number of ketones is 2. The zero-order valence-electron chi connectivity index (χ0n) is 20.7. The van der Waals surface area contributed by atoms with E-state index < -0.39 is 91.6 Å². The molecule has 9 atom stereocenters. The minimum Gasteiger partial charge on any atom is -0.507 e. The SMILES string of the molecule is O=C1c2ccccc2C(=O)c2c1cc(O)c(CO[C@@H]1O[C@H](CO[C@@H]3OC[C@@H](O)[C@H](O)[C@H]3O)[C@@H](O)[C@H](O)[C@H]1O)c2O. The molecule has 2 aliphatic heterocycles. The molecule has 2 aromatic rings. The van der Waals surface area contributed by atoms with Gasteiger partial charge in [0.25, 0.3) is 0 Å². The van der Waals surface area contributed by atoms with Crippen molar-refractivity contribution >= 4 is 11.6 Å². The Hall–Kier alpha value is -3.02. The van der Waals surface area contributed by atoms with Gasteiger partial charge < -0.3 is 59.8 Å². The highest BCUT2D eigenvalue weighted by Gasteiger charge is 2.46. The Morgan fingerprint density at radius 3 is 2.12 bits per heavy atom. The molecule has 40 heavy (non-hydrogen) atoms. The molecular formula is C26H28O14.